The van der Waals surface area contributed by atoms with Crippen LogP contribution in [0.1, 0.15) is 11.7 Å². The van der Waals surface area contributed by atoms with E-state index in [1.165, 1.54) is 6.07 Å². The quantitative estimate of drug-likeness (QED) is 0.546. The van der Waals surface area contributed by atoms with E-state index in [0.29, 0.717) is 5.69 Å². The summed E-state index contributed by atoms with van der Waals surface area (Å²) in [7, 11) is 0. The zero-order valence-corrected chi connectivity index (χ0v) is 6.07. The fraction of sp³-hybridized carbons (Fsp3) is 0.286. The van der Waals surface area contributed by atoms with Crippen molar-refractivity contribution in [1.82, 2.24) is 4.98 Å². The molecular weight excluding hydrogens is 142 g/mol. The Morgan fingerprint density at radius 1 is 1.64 bits per heavy atom. The number of nitrogens with two attached hydrogens (primary N) is 2. The first-order chi connectivity index (χ1) is 5.25. The second kappa shape index (κ2) is 3.32. The van der Waals surface area contributed by atoms with Crippen LogP contribution < -0.4 is 11.5 Å². The molecule has 0 radical (unpaired) electrons. The molecule has 0 saturated carbocycles. The zero-order chi connectivity index (χ0) is 8.27. The monoisotopic (exact) mass is 153 g/mol. The van der Waals surface area contributed by atoms with Gasteiger partial charge in [0.2, 0.25) is 0 Å². The minimum atomic E-state index is -0.379. The Balaban J connectivity index is 2.93. The van der Waals surface area contributed by atoms with Gasteiger partial charge >= 0.3 is 0 Å². The van der Waals surface area contributed by atoms with E-state index in [9.17, 15) is 5.11 Å². The predicted molar refractivity (Wildman–Crippen MR) is 41.9 cm³/mol. The topological polar surface area (TPSA) is 85.2 Å². The van der Waals surface area contributed by atoms with Crippen LogP contribution >= 0.6 is 0 Å². The molecule has 4 nitrogen and oxygen atoms in total. The van der Waals surface area contributed by atoms with E-state index in [2.05, 4.69) is 4.98 Å². The van der Waals surface area contributed by atoms with Crippen LogP contribution in [0.25, 0.3) is 0 Å². The average Bonchev–Trinajstić information content (AvgIpc) is 2.04. The van der Waals surface area contributed by atoms with Crippen molar-refractivity contribution in [3.8, 4) is 5.75 Å². The second-order valence-corrected chi connectivity index (χ2v) is 2.25. The van der Waals surface area contributed by atoms with Crippen LogP contribution in [0.2, 0.25) is 0 Å². The van der Waals surface area contributed by atoms with E-state index in [1.807, 2.05) is 0 Å². The third-order valence-electron chi connectivity index (χ3n) is 1.42. The Morgan fingerprint density at radius 3 is 2.91 bits per heavy atom. The van der Waals surface area contributed by atoms with Gasteiger partial charge in [0.05, 0.1) is 11.7 Å². The Labute approximate surface area is 64.9 Å². The van der Waals surface area contributed by atoms with Gasteiger partial charge in [-0.3, -0.25) is 4.98 Å². The molecule has 1 atom stereocenters. The first kappa shape index (κ1) is 7.97. The minimum absolute atomic E-state index is 0.102. The Bertz CT molecular complexity index is 239. The van der Waals surface area contributed by atoms with Crippen molar-refractivity contribution in [2.45, 2.75) is 6.04 Å². The number of pyridine rings is 1. The molecule has 1 rings (SSSR count). The molecule has 1 aromatic heterocycles. The molecule has 1 aromatic rings. The number of nitrogens with zero attached hydrogens (tertiary/aromatic N) is 1. The first-order valence-corrected chi connectivity index (χ1v) is 3.35. The summed E-state index contributed by atoms with van der Waals surface area (Å²) in [5.41, 5.74) is 11.3. The molecule has 0 bridgehead atoms. The van der Waals surface area contributed by atoms with Crippen molar-refractivity contribution in [2.24, 2.45) is 11.5 Å². The maximum Gasteiger partial charge on any atom is 0.138 e. The van der Waals surface area contributed by atoms with Gasteiger partial charge in [0, 0.05) is 12.7 Å². The van der Waals surface area contributed by atoms with Gasteiger partial charge in [0.1, 0.15) is 5.75 Å². The van der Waals surface area contributed by atoms with Crippen LogP contribution in [0, 0.1) is 0 Å². The van der Waals surface area contributed by atoms with E-state index in [-0.39, 0.29) is 18.3 Å². The first-order valence-electron chi connectivity index (χ1n) is 3.35. The van der Waals surface area contributed by atoms with E-state index >= 15 is 0 Å². The van der Waals surface area contributed by atoms with E-state index < -0.39 is 0 Å². The molecule has 11 heavy (non-hydrogen) atoms. The molecule has 4 heteroatoms. The molecule has 0 spiro atoms. The van der Waals surface area contributed by atoms with Crippen molar-refractivity contribution in [3.05, 3.63) is 24.0 Å². The highest BCUT2D eigenvalue weighted by atomic mass is 16.3. The summed E-state index contributed by atoms with van der Waals surface area (Å²) >= 11 is 0. The van der Waals surface area contributed by atoms with Gasteiger partial charge in [-0.05, 0) is 12.1 Å². The molecule has 60 valence electrons. The molecule has 0 amide bonds. The van der Waals surface area contributed by atoms with Gasteiger partial charge in [-0.1, -0.05) is 0 Å². The van der Waals surface area contributed by atoms with Gasteiger partial charge in [-0.2, -0.15) is 0 Å². The summed E-state index contributed by atoms with van der Waals surface area (Å²) in [6.45, 7) is 0.282. The summed E-state index contributed by atoms with van der Waals surface area (Å²) in [6.07, 6.45) is 1.57. The Hall–Kier alpha value is -1.13. The maximum absolute atomic E-state index is 9.21. The number of hydrogen-bond donors (Lipinski definition) is 3. The van der Waals surface area contributed by atoms with Crippen molar-refractivity contribution >= 4 is 0 Å². The van der Waals surface area contributed by atoms with Crippen molar-refractivity contribution in [1.29, 1.82) is 0 Å². The highest BCUT2D eigenvalue weighted by Gasteiger charge is 2.08. The summed E-state index contributed by atoms with van der Waals surface area (Å²) in [5, 5.41) is 9.21. The maximum atomic E-state index is 9.21. The van der Waals surface area contributed by atoms with Gasteiger partial charge in [0.25, 0.3) is 0 Å². The number of aromatic nitrogens is 1. The summed E-state index contributed by atoms with van der Waals surface area (Å²) in [6, 6.07) is 2.80. The van der Waals surface area contributed by atoms with E-state index in [0.717, 1.165) is 0 Å². The molecular formula is C7H11N3O. The lowest BCUT2D eigenvalue weighted by molar-refractivity contribution is 0.456. The molecule has 0 aliphatic carbocycles. The fourth-order valence-corrected chi connectivity index (χ4v) is 0.806. The van der Waals surface area contributed by atoms with E-state index in [1.54, 1.807) is 12.3 Å². The molecule has 0 aliphatic rings. The predicted octanol–water partition coefficient (Wildman–Crippen LogP) is -0.254. The molecule has 5 N–H and O–H groups in total. The SMILES string of the molecule is NC[C@@H](N)c1ncccc1O. The zero-order valence-electron chi connectivity index (χ0n) is 6.07. The van der Waals surface area contributed by atoms with Gasteiger partial charge in [-0.25, -0.2) is 0 Å². The Morgan fingerprint density at radius 2 is 2.36 bits per heavy atom. The molecule has 0 aliphatic heterocycles. The largest absolute Gasteiger partial charge is 0.506 e. The van der Waals surface area contributed by atoms with Gasteiger partial charge < -0.3 is 16.6 Å². The second-order valence-electron chi connectivity index (χ2n) is 2.25. The fourth-order valence-electron chi connectivity index (χ4n) is 0.806. The van der Waals surface area contributed by atoms with Crippen LogP contribution in [0.3, 0.4) is 0 Å². The Kier molecular flexibility index (Phi) is 2.40. The average molecular weight is 153 g/mol. The van der Waals surface area contributed by atoms with Crippen LogP contribution in [-0.4, -0.2) is 16.6 Å². The van der Waals surface area contributed by atoms with Gasteiger partial charge in [-0.15, -0.1) is 0 Å². The number of aromatic hydroxyl groups is 1. The highest BCUT2D eigenvalue weighted by molar-refractivity contribution is 5.27. The van der Waals surface area contributed by atoms with Crippen LogP contribution in [-0.2, 0) is 0 Å². The summed E-state index contributed by atoms with van der Waals surface area (Å²) in [5.74, 6) is 0.102. The molecule has 0 saturated heterocycles. The van der Waals surface area contributed by atoms with Crippen molar-refractivity contribution in [3.63, 3.8) is 0 Å². The van der Waals surface area contributed by atoms with Crippen molar-refractivity contribution < 1.29 is 5.11 Å². The van der Waals surface area contributed by atoms with E-state index in [4.69, 9.17) is 11.5 Å². The van der Waals surface area contributed by atoms with Crippen molar-refractivity contribution in [2.75, 3.05) is 6.54 Å². The highest BCUT2D eigenvalue weighted by Crippen LogP contribution is 2.17. The van der Waals surface area contributed by atoms with Crippen LogP contribution in [0.5, 0.6) is 5.75 Å². The lowest BCUT2D eigenvalue weighted by Gasteiger charge is -2.08. The smallest absolute Gasteiger partial charge is 0.138 e. The molecule has 1 heterocycles. The standard InChI is InChI=1S/C7H11N3O/c8-4-5(9)7-6(11)2-1-3-10-7/h1-3,5,11H,4,8-9H2/t5-/m1/s1. The molecule has 0 aromatic carbocycles. The minimum Gasteiger partial charge on any atom is -0.506 e. The lowest BCUT2D eigenvalue weighted by Crippen LogP contribution is -2.21. The lowest BCUT2D eigenvalue weighted by atomic mass is 10.2. The van der Waals surface area contributed by atoms with Gasteiger partial charge in [0.15, 0.2) is 0 Å². The summed E-state index contributed by atoms with van der Waals surface area (Å²) < 4.78 is 0. The molecule has 0 fully saturated rings. The third kappa shape index (κ3) is 1.66. The normalized spacial score (nSPS) is 12.9. The summed E-state index contributed by atoms with van der Waals surface area (Å²) in [4.78, 5) is 3.89. The van der Waals surface area contributed by atoms with Crippen LogP contribution in [0.15, 0.2) is 18.3 Å². The third-order valence-corrected chi connectivity index (χ3v) is 1.42. The number of rotatable bonds is 2. The van der Waals surface area contributed by atoms with Crippen LogP contribution in [0.4, 0.5) is 0 Å². The number of hydrogen-bond acceptors (Lipinski definition) is 4. The molecule has 0 unspecified atom stereocenters.